The molecule has 1 heterocycles. The molecule has 1 aliphatic carbocycles. The molecule has 1 aliphatic heterocycles. The highest BCUT2D eigenvalue weighted by molar-refractivity contribution is 5.76. The van der Waals surface area contributed by atoms with Gasteiger partial charge in [0, 0.05) is 46.4 Å². The predicted octanol–water partition coefficient (Wildman–Crippen LogP) is 1.48. The fourth-order valence-corrected chi connectivity index (χ4v) is 3.12. The van der Waals surface area contributed by atoms with Crippen LogP contribution in [0.5, 0.6) is 0 Å². The zero-order valence-corrected chi connectivity index (χ0v) is 15.1. The van der Waals surface area contributed by atoms with Gasteiger partial charge < -0.3 is 25.0 Å². The van der Waals surface area contributed by atoms with Crippen molar-refractivity contribution in [1.82, 2.24) is 15.5 Å². The number of rotatable bonds is 6. The van der Waals surface area contributed by atoms with Gasteiger partial charge in [0.25, 0.3) is 0 Å². The van der Waals surface area contributed by atoms with Crippen LogP contribution in [-0.2, 0) is 14.3 Å². The molecule has 1 spiro atoms. The Kier molecular flexibility index (Phi) is 6.86. The maximum absolute atomic E-state index is 11.8. The van der Waals surface area contributed by atoms with E-state index in [2.05, 4.69) is 17.6 Å². The first-order valence-corrected chi connectivity index (χ1v) is 8.94. The van der Waals surface area contributed by atoms with Crippen LogP contribution in [-0.4, -0.2) is 62.5 Å². The van der Waals surface area contributed by atoms with Crippen LogP contribution in [0.2, 0.25) is 0 Å². The third-order valence-corrected chi connectivity index (χ3v) is 4.79. The zero-order valence-electron chi connectivity index (χ0n) is 15.1. The third-order valence-electron chi connectivity index (χ3n) is 4.79. The molecule has 3 amide bonds. The molecule has 24 heavy (non-hydrogen) atoms. The molecule has 7 heteroatoms. The van der Waals surface area contributed by atoms with Crippen LogP contribution in [0.4, 0.5) is 4.79 Å². The molecule has 0 bridgehead atoms. The van der Waals surface area contributed by atoms with Gasteiger partial charge in [-0.1, -0.05) is 6.92 Å². The lowest BCUT2D eigenvalue weighted by atomic mass is 9.86. The summed E-state index contributed by atoms with van der Waals surface area (Å²) in [5, 5.41) is 5.58. The minimum atomic E-state index is -0.415. The van der Waals surface area contributed by atoms with Crippen molar-refractivity contribution in [3.63, 3.8) is 0 Å². The number of hydrogen-bond acceptors (Lipinski definition) is 4. The molecule has 2 aliphatic rings. The molecule has 0 aromatic rings. The topological polar surface area (TPSA) is 79.9 Å². The Labute approximate surface area is 144 Å². The van der Waals surface area contributed by atoms with E-state index in [9.17, 15) is 9.59 Å². The molecule has 1 saturated heterocycles. The Bertz CT molecular complexity index is 434. The Morgan fingerprint density at radius 2 is 1.92 bits per heavy atom. The summed E-state index contributed by atoms with van der Waals surface area (Å²) in [6.07, 6.45) is 5.13. The van der Waals surface area contributed by atoms with Gasteiger partial charge in [-0.15, -0.1) is 0 Å². The summed E-state index contributed by atoms with van der Waals surface area (Å²) in [7, 11) is 3.46. The maximum Gasteiger partial charge on any atom is 0.314 e. The van der Waals surface area contributed by atoms with E-state index in [1.54, 1.807) is 19.0 Å². The molecule has 1 atom stereocenters. The average Bonchev–Trinajstić information content (AvgIpc) is 2.95. The van der Waals surface area contributed by atoms with Crippen molar-refractivity contribution in [3.05, 3.63) is 0 Å². The van der Waals surface area contributed by atoms with Crippen LogP contribution in [0.15, 0.2) is 0 Å². The second-order valence-corrected chi connectivity index (χ2v) is 7.17. The van der Waals surface area contributed by atoms with E-state index in [-0.39, 0.29) is 18.0 Å². The molecule has 2 N–H and O–H groups in total. The van der Waals surface area contributed by atoms with Gasteiger partial charge in [-0.05, 0) is 25.2 Å². The smallest absolute Gasteiger partial charge is 0.314 e. The average molecular weight is 341 g/mol. The van der Waals surface area contributed by atoms with Crippen molar-refractivity contribution in [2.75, 3.05) is 33.8 Å². The molecule has 0 aromatic carbocycles. The van der Waals surface area contributed by atoms with Crippen LogP contribution in [0.25, 0.3) is 0 Å². The number of nitrogens with one attached hydrogen (secondary N) is 2. The highest BCUT2D eigenvalue weighted by Crippen LogP contribution is 2.39. The van der Waals surface area contributed by atoms with E-state index in [1.807, 2.05) is 0 Å². The minimum Gasteiger partial charge on any atom is -0.349 e. The highest BCUT2D eigenvalue weighted by Gasteiger charge is 2.43. The van der Waals surface area contributed by atoms with Gasteiger partial charge in [-0.3, -0.25) is 4.79 Å². The predicted molar refractivity (Wildman–Crippen MR) is 90.5 cm³/mol. The fraction of sp³-hybridized carbons (Fsp3) is 0.882. The van der Waals surface area contributed by atoms with E-state index < -0.39 is 5.79 Å². The third kappa shape index (κ3) is 5.63. The second-order valence-electron chi connectivity index (χ2n) is 7.17. The van der Waals surface area contributed by atoms with Crippen LogP contribution < -0.4 is 10.6 Å². The number of amides is 3. The Hall–Kier alpha value is -1.34. The van der Waals surface area contributed by atoms with Crippen LogP contribution >= 0.6 is 0 Å². The number of carbonyl (C=O) groups excluding carboxylic acids is 2. The minimum absolute atomic E-state index is 0.0702. The van der Waals surface area contributed by atoms with Crippen molar-refractivity contribution in [2.45, 2.75) is 57.3 Å². The first-order chi connectivity index (χ1) is 11.4. The van der Waals surface area contributed by atoms with Crippen molar-refractivity contribution in [1.29, 1.82) is 0 Å². The number of carbonyl (C=O) groups is 2. The second kappa shape index (κ2) is 8.67. The quantitative estimate of drug-likeness (QED) is 0.717. The summed E-state index contributed by atoms with van der Waals surface area (Å²) in [6, 6.07) is -0.228. The Balaban J connectivity index is 1.57. The normalized spacial score (nSPS) is 29.5. The summed E-state index contributed by atoms with van der Waals surface area (Å²) >= 11 is 0. The molecule has 1 unspecified atom stereocenters. The molecular weight excluding hydrogens is 310 g/mol. The first-order valence-electron chi connectivity index (χ1n) is 8.94. The van der Waals surface area contributed by atoms with Gasteiger partial charge in [0.1, 0.15) is 6.10 Å². The van der Waals surface area contributed by atoms with Gasteiger partial charge in [-0.2, -0.15) is 0 Å². The lowest BCUT2D eigenvalue weighted by Crippen LogP contribution is -2.42. The van der Waals surface area contributed by atoms with Crippen molar-refractivity contribution in [2.24, 2.45) is 5.92 Å². The van der Waals surface area contributed by atoms with Crippen LogP contribution in [0.3, 0.4) is 0 Å². The Morgan fingerprint density at radius 3 is 2.58 bits per heavy atom. The molecule has 138 valence electrons. The van der Waals surface area contributed by atoms with Gasteiger partial charge in [0.2, 0.25) is 5.91 Å². The van der Waals surface area contributed by atoms with E-state index in [1.165, 1.54) is 0 Å². The number of nitrogens with zero attached hydrogens (tertiary/aromatic N) is 1. The highest BCUT2D eigenvalue weighted by atomic mass is 16.7. The number of hydrogen-bond donors (Lipinski definition) is 2. The number of ether oxygens (including phenoxy) is 2. The summed E-state index contributed by atoms with van der Waals surface area (Å²) in [4.78, 5) is 24.8. The van der Waals surface area contributed by atoms with Crippen molar-refractivity contribution < 1.29 is 19.1 Å². The molecule has 1 saturated carbocycles. The number of urea groups is 1. The molecule has 2 rings (SSSR count). The molecule has 7 nitrogen and oxygen atoms in total. The standard InChI is InChI=1S/C17H31N3O4/c1-13-6-8-17(9-7-13)23-12-14(24-17)11-19-16(22)18-10-4-5-15(21)20(2)3/h13-14H,4-12H2,1-3H3,(H2,18,19,22). The lowest BCUT2D eigenvalue weighted by Gasteiger charge is -2.34. The van der Waals surface area contributed by atoms with Crippen LogP contribution in [0, 0.1) is 5.92 Å². The lowest BCUT2D eigenvalue weighted by molar-refractivity contribution is -0.191. The molecule has 0 aromatic heterocycles. The zero-order chi connectivity index (χ0) is 17.6. The summed E-state index contributed by atoms with van der Waals surface area (Å²) < 4.78 is 11.9. The van der Waals surface area contributed by atoms with Gasteiger partial charge in [-0.25, -0.2) is 4.79 Å². The summed E-state index contributed by atoms with van der Waals surface area (Å²) in [5.41, 5.74) is 0. The largest absolute Gasteiger partial charge is 0.349 e. The fourth-order valence-electron chi connectivity index (χ4n) is 3.12. The summed E-state index contributed by atoms with van der Waals surface area (Å²) in [5.74, 6) is 0.396. The van der Waals surface area contributed by atoms with E-state index >= 15 is 0 Å². The van der Waals surface area contributed by atoms with Gasteiger partial charge >= 0.3 is 6.03 Å². The van der Waals surface area contributed by atoms with E-state index in [4.69, 9.17) is 9.47 Å². The SMILES string of the molecule is CC1CCC2(CC1)OCC(CNC(=O)NCCCC(=O)N(C)C)O2. The van der Waals surface area contributed by atoms with Gasteiger partial charge in [0.15, 0.2) is 5.79 Å². The van der Waals surface area contributed by atoms with Gasteiger partial charge in [0.05, 0.1) is 6.61 Å². The van der Waals surface area contributed by atoms with E-state index in [0.29, 0.717) is 32.5 Å². The van der Waals surface area contributed by atoms with Crippen molar-refractivity contribution in [3.8, 4) is 0 Å². The van der Waals surface area contributed by atoms with E-state index in [0.717, 1.165) is 31.6 Å². The molecular formula is C17H31N3O4. The van der Waals surface area contributed by atoms with Crippen LogP contribution in [0.1, 0.15) is 45.4 Å². The van der Waals surface area contributed by atoms with Crippen molar-refractivity contribution >= 4 is 11.9 Å². The molecule has 2 fully saturated rings. The maximum atomic E-state index is 11.8. The first kappa shape index (κ1) is 19.0. The monoisotopic (exact) mass is 341 g/mol. The summed E-state index contributed by atoms with van der Waals surface area (Å²) in [6.45, 7) is 3.72. The molecule has 0 radical (unpaired) electrons. The Morgan fingerprint density at radius 1 is 1.21 bits per heavy atom.